The van der Waals surface area contributed by atoms with Gasteiger partial charge in [0.25, 0.3) is 5.91 Å². The number of anilines is 1. The molecule has 1 aromatic carbocycles. The minimum absolute atomic E-state index is 0.00209. The molecule has 1 aliphatic rings. The smallest absolute Gasteiger partial charge is 0.269 e. The van der Waals surface area contributed by atoms with Crippen LogP contribution >= 0.6 is 11.3 Å². The molecule has 0 spiro atoms. The average Bonchev–Trinajstić information content (AvgIpc) is 3.16. The maximum Gasteiger partial charge on any atom is 0.269 e. The second-order valence-electron chi connectivity index (χ2n) is 7.07. The lowest BCUT2D eigenvalue weighted by Gasteiger charge is -2.32. The van der Waals surface area contributed by atoms with Crippen molar-refractivity contribution < 1.29 is 14.3 Å². The average molecular weight is 426 g/mol. The van der Waals surface area contributed by atoms with Crippen molar-refractivity contribution in [2.45, 2.75) is 25.8 Å². The van der Waals surface area contributed by atoms with Crippen LogP contribution in [0.1, 0.15) is 30.3 Å². The van der Waals surface area contributed by atoms with Gasteiger partial charge in [0.1, 0.15) is 17.2 Å². The fraction of sp³-hybridized carbons (Fsp3) is 0.333. The molecule has 1 aliphatic heterocycles. The highest BCUT2D eigenvalue weighted by atomic mass is 32.1. The highest BCUT2D eigenvalue weighted by Crippen LogP contribution is 2.34. The van der Waals surface area contributed by atoms with E-state index in [-0.39, 0.29) is 23.6 Å². The molecule has 1 atom stereocenters. The lowest BCUT2D eigenvalue weighted by molar-refractivity contribution is -0.117. The summed E-state index contributed by atoms with van der Waals surface area (Å²) in [6.45, 7) is 3.35. The second-order valence-corrected chi connectivity index (χ2v) is 8.08. The Balaban J connectivity index is 1.59. The summed E-state index contributed by atoms with van der Waals surface area (Å²) in [5.74, 6) is 0.870. The third-order valence-corrected chi connectivity index (χ3v) is 5.97. The molecule has 0 bridgehead atoms. The molecule has 30 heavy (non-hydrogen) atoms. The van der Waals surface area contributed by atoms with Gasteiger partial charge in [0.05, 0.1) is 16.3 Å². The summed E-state index contributed by atoms with van der Waals surface area (Å²) >= 11 is 1.47. The quantitative estimate of drug-likeness (QED) is 0.652. The third kappa shape index (κ3) is 4.27. The molecule has 2 N–H and O–H groups in total. The van der Waals surface area contributed by atoms with E-state index in [0.717, 1.165) is 36.1 Å². The number of benzene rings is 1. The Hall–Kier alpha value is -3.04. The molecular weight excluding hydrogens is 402 g/mol. The van der Waals surface area contributed by atoms with Gasteiger partial charge in [-0.1, -0.05) is 11.3 Å². The maximum absolute atomic E-state index is 12.3. The van der Waals surface area contributed by atoms with E-state index < -0.39 is 0 Å². The number of piperidine rings is 1. The van der Waals surface area contributed by atoms with Gasteiger partial charge in [0.2, 0.25) is 5.91 Å². The first kappa shape index (κ1) is 20.2. The number of nitrogens with zero attached hydrogens (tertiary/aromatic N) is 3. The molecule has 0 radical (unpaired) electrons. The molecule has 0 aliphatic carbocycles. The predicted octanol–water partition coefficient (Wildman–Crippen LogP) is 2.95. The summed E-state index contributed by atoms with van der Waals surface area (Å²) in [5.41, 5.74) is 1.10. The number of carbonyl (C=O) groups excluding carboxylic acids is 2. The third-order valence-electron chi connectivity index (χ3n) is 4.96. The Labute approximate surface area is 178 Å². The lowest BCUT2D eigenvalue weighted by atomic mass is 10.1. The fourth-order valence-corrected chi connectivity index (χ4v) is 4.63. The van der Waals surface area contributed by atoms with Crippen LogP contribution in [0.25, 0.3) is 10.2 Å². The number of aromatic nitrogens is 2. The maximum atomic E-state index is 12.3. The van der Waals surface area contributed by atoms with Gasteiger partial charge in [-0.05, 0) is 37.6 Å². The number of pyridine rings is 1. The van der Waals surface area contributed by atoms with Crippen LogP contribution in [0.5, 0.6) is 11.5 Å². The molecule has 0 saturated carbocycles. The van der Waals surface area contributed by atoms with Crippen molar-refractivity contribution in [3.05, 3.63) is 42.2 Å². The Kier molecular flexibility index (Phi) is 5.91. The van der Waals surface area contributed by atoms with Crippen LogP contribution < -0.4 is 20.3 Å². The first-order valence-electron chi connectivity index (χ1n) is 9.82. The van der Waals surface area contributed by atoms with E-state index in [9.17, 15) is 9.59 Å². The van der Waals surface area contributed by atoms with Crippen molar-refractivity contribution >= 4 is 38.5 Å². The summed E-state index contributed by atoms with van der Waals surface area (Å²) in [6.07, 6.45) is 3.54. The molecule has 9 heteroatoms. The van der Waals surface area contributed by atoms with Crippen molar-refractivity contribution in [3.63, 3.8) is 0 Å². The standard InChI is InChI=1S/C21H23N5O3S/c1-13(27)26(14-4-3-8-23-12-14)21-25-17-6-5-15(11-19(17)30-21)29-16-7-9-24-18(10-16)20(28)22-2/h5-7,9-11,14,23H,3-4,8,12H2,1-2H3,(H,22,28)/t14-/m0/s1. The molecule has 8 nitrogen and oxygen atoms in total. The normalized spacial score (nSPS) is 16.3. The van der Waals surface area contributed by atoms with E-state index in [4.69, 9.17) is 4.74 Å². The SMILES string of the molecule is CNC(=O)c1cc(Oc2ccc3nc(N(C(C)=O)[C@H]4CCCNC4)sc3c2)ccn1. The van der Waals surface area contributed by atoms with Gasteiger partial charge in [0, 0.05) is 38.8 Å². The Morgan fingerprint density at radius 1 is 1.27 bits per heavy atom. The molecule has 156 valence electrons. The number of carbonyl (C=O) groups is 2. The van der Waals surface area contributed by atoms with Crippen LogP contribution in [-0.2, 0) is 4.79 Å². The summed E-state index contributed by atoms with van der Waals surface area (Å²) in [6, 6.07) is 9.01. The van der Waals surface area contributed by atoms with Gasteiger partial charge >= 0.3 is 0 Å². The van der Waals surface area contributed by atoms with Crippen molar-refractivity contribution in [2.75, 3.05) is 25.0 Å². The van der Waals surface area contributed by atoms with E-state index in [1.165, 1.54) is 17.5 Å². The molecule has 1 saturated heterocycles. The van der Waals surface area contributed by atoms with Crippen LogP contribution in [0.3, 0.4) is 0 Å². The van der Waals surface area contributed by atoms with Crippen molar-refractivity contribution in [3.8, 4) is 11.5 Å². The summed E-state index contributed by atoms with van der Waals surface area (Å²) in [7, 11) is 1.56. The molecule has 4 rings (SSSR count). The topological polar surface area (TPSA) is 96.5 Å². The predicted molar refractivity (Wildman–Crippen MR) is 116 cm³/mol. The molecular formula is C21H23N5O3S. The zero-order valence-corrected chi connectivity index (χ0v) is 17.7. The molecule has 2 aromatic heterocycles. The number of amides is 2. The summed E-state index contributed by atoms with van der Waals surface area (Å²) in [5, 5.41) is 6.60. The Bertz CT molecular complexity index is 1080. The zero-order valence-electron chi connectivity index (χ0n) is 16.8. The van der Waals surface area contributed by atoms with Gasteiger partial charge < -0.3 is 15.4 Å². The van der Waals surface area contributed by atoms with Gasteiger partial charge in [-0.25, -0.2) is 4.98 Å². The summed E-state index contributed by atoms with van der Waals surface area (Å²) < 4.78 is 6.85. The van der Waals surface area contributed by atoms with Crippen LogP contribution in [0.4, 0.5) is 5.13 Å². The first-order chi connectivity index (χ1) is 14.5. The number of fused-ring (bicyclic) bond motifs is 1. The van der Waals surface area contributed by atoms with Crippen LogP contribution in [-0.4, -0.2) is 48.0 Å². The van der Waals surface area contributed by atoms with Crippen LogP contribution in [0, 0.1) is 0 Å². The van der Waals surface area contributed by atoms with E-state index in [0.29, 0.717) is 16.6 Å². The molecule has 3 heterocycles. The van der Waals surface area contributed by atoms with Crippen LogP contribution in [0.2, 0.25) is 0 Å². The fourth-order valence-electron chi connectivity index (χ4n) is 3.52. The number of hydrogen-bond acceptors (Lipinski definition) is 7. The summed E-state index contributed by atoms with van der Waals surface area (Å²) in [4.78, 5) is 34.6. The largest absolute Gasteiger partial charge is 0.457 e. The zero-order chi connectivity index (χ0) is 21.1. The van der Waals surface area contributed by atoms with Crippen molar-refractivity contribution in [1.82, 2.24) is 20.6 Å². The van der Waals surface area contributed by atoms with E-state index in [2.05, 4.69) is 20.6 Å². The highest BCUT2D eigenvalue weighted by Gasteiger charge is 2.27. The van der Waals surface area contributed by atoms with Gasteiger partial charge in [0.15, 0.2) is 5.13 Å². The van der Waals surface area contributed by atoms with E-state index >= 15 is 0 Å². The van der Waals surface area contributed by atoms with Crippen molar-refractivity contribution in [1.29, 1.82) is 0 Å². The molecule has 2 amide bonds. The first-order valence-corrected chi connectivity index (χ1v) is 10.6. The van der Waals surface area contributed by atoms with E-state index in [1.54, 1.807) is 31.0 Å². The molecule has 0 unspecified atom stereocenters. The number of thiazole rings is 1. The van der Waals surface area contributed by atoms with Gasteiger partial charge in [-0.15, -0.1) is 0 Å². The highest BCUT2D eigenvalue weighted by molar-refractivity contribution is 7.22. The molecule has 1 fully saturated rings. The van der Waals surface area contributed by atoms with Gasteiger partial charge in [-0.3, -0.25) is 19.5 Å². The van der Waals surface area contributed by atoms with Crippen molar-refractivity contribution in [2.24, 2.45) is 0 Å². The second kappa shape index (κ2) is 8.76. The minimum atomic E-state index is -0.274. The lowest BCUT2D eigenvalue weighted by Crippen LogP contribution is -2.48. The van der Waals surface area contributed by atoms with E-state index in [1.807, 2.05) is 18.2 Å². The van der Waals surface area contributed by atoms with Crippen LogP contribution in [0.15, 0.2) is 36.5 Å². The number of ether oxygens (including phenoxy) is 1. The number of rotatable bonds is 5. The number of nitrogens with one attached hydrogen (secondary N) is 2. The van der Waals surface area contributed by atoms with Gasteiger partial charge in [-0.2, -0.15) is 0 Å². The minimum Gasteiger partial charge on any atom is -0.457 e. The number of hydrogen-bond donors (Lipinski definition) is 2. The Morgan fingerprint density at radius 2 is 2.10 bits per heavy atom. The Morgan fingerprint density at radius 3 is 2.83 bits per heavy atom. The monoisotopic (exact) mass is 425 g/mol. The molecule has 3 aromatic rings.